The smallest absolute Gasteiger partial charge is 0.203 e. The molecule has 0 aromatic carbocycles. The fourth-order valence-corrected chi connectivity index (χ4v) is 2.12. The van der Waals surface area contributed by atoms with E-state index >= 15 is 0 Å². The molecule has 6 nitrogen and oxygen atoms in total. The van der Waals surface area contributed by atoms with Crippen molar-refractivity contribution in [2.75, 3.05) is 18.0 Å². The first kappa shape index (κ1) is 9.53. The molecule has 0 radical (unpaired) electrons. The summed E-state index contributed by atoms with van der Waals surface area (Å²) in [6.07, 6.45) is 6.79. The molecule has 3 heterocycles. The Kier molecular flexibility index (Phi) is 2.21. The zero-order valence-electron chi connectivity index (χ0n) is 8.82. The number of rotatable bonds is 1. The molecule has 1 atom stereocenters. The van der Waals surface area contributed by atoms with Crippen molar-refractivity contribution in [3.63, 3.8) is 0 Å². The monoisotopic (exact) mass is 219 g/mol. The van der Waals surface area contributed by atoms with Gasteiger partial charge in [0.05, 0.1) is 6.10 Å². The Morgan fingerprint density at radius 3 is 3.25 bits per heavy atom. The molecule has 3 rings (SSSR count). The van der Waals surface area contributed by atoms with E-state index in [1.54, 1.807) is 12.5 Å². The quantitative estimate of drug-likeness (QED) is 0.736. The van der Waals surface area contributed by atoms with Gasteiger partial charge in [-0.25, -0.2) is 4.98 Å². The predicted molar refractivity (Wildman–Crippen MR) is 58.2 cm³/mol. The van der Waals surface area contributed by atoms with Crippen LogP contribution in [0.5, 0.6) is 0 Å². The molecule has 2 aromatic heterocycles. The summed E-state index contributed by atoms with van der Waals surface area (Å²) in [7, 11) is 0. The van der Waals surface area contributed by atoms with Gasteiger partial charge < -0.3 is 10.0 Å². The van der Waals surface area contributed by atoms with Crippen LogP contribution in [0, 0.1) is 0 Å². The molecule has 0 bridgehead atoms. The Labute approximate surface area is 92.5 Å². The second kappa shape index (κ2) is 3.71. The van der Waals surface area contributed by atoms with E-state index in [1.807, 2.05) is 10.6 Å². The Balaban J connectivity index is 2.01. The van der Waals surface area contributed by atoms with Crippen molar-refractivity contribution in [1.29, 1.82) is 0 Å². The number of β-amino-alcohol motifs (C(OH)–C–C–N with tert-alkyl or cyclic N) is 1. The maximum atomic E-state index is 9.65. The van der Waals surface area contributed by atoms with Crippen molar-refractivity contribution >= 4 is 11.5 Å². The number of hydrogen-bond acceptors (Lipinski definition) is 5. The average molecular weight is 219 g/mol. The minimum atomic E-state index is -0.265. The molecule has 84 valence electrons. The van der Waals surface area contributed by atoms with Crippen LogP contribution in [-0.2, 0) is 0 Å². The first-order valence-corrected chi connectivity index (χ1v) is 5.42. The van der Waals surface area contributed by atoms with Gasteiger partial charge in [0.1, 0.15) is 6.33 Å². The van der Waals surface area contributed by atoms with Gasteiger partial charge in [-0.05, 0) is 12.8 Å². The number of nitrogens with zero attached hydrogens (tertiary/aromatic N) is 5. The summed E-state index contributed by atoms with van der Waals surface area (Å²) in [6, 6.07) is 0. The number of fused-ring (bicyclic) bond motifs is 1. The summed E-state index contributed by atoms with van der Waals surface area (Å²) in [5.74, 6) is 0.804. The summed E-state index contributed by atoms with van der Waals surface area (Å²) >= 11 is 0. The van der Waals surface area contributed by atoms with Gasteiger partial charge in [0.25, 0.3) is 0 Å². The fraction of sp³-hybridized carbons (Fsp3) is 0.500. The van der Waals surface area contributed by atoms with Gasteiger partial charge in [0.15, 0.2) is 5.82 Å². The van der Waals surface area contributed by atoms with Crippen molar-refractivity contribution in [1.82, 2.24) is 19.6 Å². The molecule has 1 saturated heterocycles. The zero-order chi connectivity index (χ0) is 11.0. The number of hydrogen-bond donors (Lipinski definition) is 1. The van der Waals surface area contributed by atoms with E-state index in [9.17, 15) is 5.11 Å². The lowest BCUT2D eigenvalue weighted by Crippen LogP contribution is -2.39. The van der Waals surface area contributed by atoms with Gasteiger partial charge in [0, 0.05) is 25.5 Å². The summed E-state index contributed by atoms with van der Waals surface area (Å²) in [4.78, 5) is 6.40. The van der Waals surface area contributed by atoms with Crippen LogP contribution in [0.3, 0.4) is 0 Å². The van der Waals surface area contributed by atoms with E-state index in [0.29, 0.717) is 6.54 Å². The molecule has 2 aromatic rings. The second-order valence-corrected chi connectivity index (χ2v) is 4.05. The highest BCUT2D eigenvalue weighted by Gasteiger charge is 2.21. The van der Waals surface area contributed by atoms with Crippen LogP contribution < -0.4 is 4.90 Å². The first-order chi connectivity index (χ1) is 7.84. The van der Waals surface area contributed by atoms with Crippen LogP contribution in [0.2, 0.25) is 0 Å². The predicted octanol–water partition coefficient (Wildman–Crippen LogP) is 0.0854. The highest BCUT2D eigenvalue weighted by atomic mass is 16.3. The highest BCUT2D eigenvalue weighted by Crippen LogP contribution is 2.20. The van der Waals surface area contributed by atoms with Crippen LogP contribution in [0.15, 0.2) is 18.7 Å². The van der Waals surface area contributed by atoms with E-state index in [-0.39, 0.29) is 6.10 Å². The van der Waals surface area contributed by atoms with Crippen molar-refractivity contribution in [2.24, 2.45) is 0 Å². The maximum absolute atomic E-state index is 9.65. The first-order valence-electron chi connectivity index (χ1n) is 5.42. The van der Waals surface area contributed by atoms with Crippen molar-refractivity contribution in [3.05, 3.63) is 18.7 Å². The third kappa shape index (κ3) is 1.51. The molecular weight excluding hydrogens is 206 g/mol. The molecule has 1 aliphatic rings. The highest BCUT2D eigenvalue weighted by molar-refractivity contribution is 5.63. The minimum absolute atomic E-state index is 0.265. The number of aliphatic hydroxyl groups is 1. The Morgan fingerprint density at radius 1 is 1.44 bits per heavy atom. The minimum Gasteiger partial charge on any atom is -0.391 e. The van der Waals surface area contributed by atoms with Crippen molar-refractivity contribution < 1.29 is 5.11 Å². The number of piperidine rings is 1. The SMILES string of the molecule is O[C@@H]1CCCN(c2nccn3cnnc23)C1. The molecule has 1 N–H and O–H groups in total. The summed E-state index contributed by atoms with van der Waals surface area (Å²) in [6.45, 7) is 1.54. The molecule has 0 unspecified atom stereocenters. The molecule has 1 aliphatic heterocycles. The van der Waals surface area contributed by atoms with E-state index in [1.165, 1.54) is 0 Å². The molecule has 0 aliphatic carbocycles. The molecule has 1 fully saturated rings. The van der Waals surface area contributed by atoms with E-state index in [2.05, 4.69) is 20.1 Å². The number of aliphatic hydroxyl groups excluding tert-OH is 1. The van der Waals surface area contributed by atoms with Gasteiger partial charge in [-0.15, -0.1) is 10.2 Å². The normalized spacial score (nSPS) is 21.6. The largest absolute Gasteiger partial charge is 0.391 e. The van der Waals surface area contributed by atoms with Gasteiger partial charge >= 0.3 is 0 Å². The van der Waals surface area contributed by atoms with Crippen molar-refractivity contribution in [3.8, 4) is 0 Å². The zero-order valence-corrected chi connectivity index (χ0v) is 8.82. The van der Waals surface area contributed by atoms with Gasteiger partial charge in [-0.1, -0.05) is 0 Å². The van der Waals surface area contributed by atoms with Crippen LogP contribution >= 0.6 is 0 Å². The topological polar surface area (TPSA) is 66.5 Å². The lowest BCUT2D eigenvalue weighted by molar-refractivity contribution is 0.154. The fourth-order valence-electron chi connectivity index (χ4n) is 2.12. The summed E-state index contributed by atoms with van der Waals surface area (Å²) in [5, 5.41) is 17.6. The van der Waals surface area contributed by atoms with E-state index in [4.69, 9.17) is 0 Å². The molecule has 16 heavy (non-hydrogen) atoms. The molecule has 6 heteroatoms. The lowest BCUT2D eigenvalue weighted by Gasteiger charge is -2.30. The average Bonchev–Trinajstić information content (AvgIpc) is 2.76. The molecule has 0 amide bonds. The third-order valence-corrected chi connectivity index (χ3v) is 2.89. The molecule has 0 saturated carbocycles. The van der Waals surface area contributed by atoms with E-state index in [0.717, 1.165) is 30.9 Å². The van der Waals surface area contributed by atoms with Gasteiger partial charge in [-0.3, -0.25) is 4.40 Å². The number of anilines is 1. The van der Waals surface area contributed by atoms with Crippen molar-refractivity contribution in [2.45, 2.75) is 18.9 Å². The van der Waals surface area contributed by atoms with Crippen LogP contribution in [0.4, 0.5) is 5.82 Å². The summed E-state index contributed by atoms with van der Waals surface area (Å²) in [5.41, 5.74) is 0.747. The van der Waals surface area contributed by atoms with E-state index < -0.39 is 0 Å². The maximum Gasteiger partial charge on any atom is 0.203 e. The Morgan fingerprint density at radius 2 is 2.38 bits per heavy atom. The molecule has 0 spiro atoms. The second-order valence-electron chi connectivity index (χ2n) is 4.05. The third-order valence-electron chi connectivity index (χ3n) is 2.89. The standard InChI is InChI=1S/C10H13N5O/c16-8-2-1-4-14(6-8)9-10-13-12-7-15(10)5-3-11-9/h3,5,7-8,16H,1-2,4,6H2/t8-/m1/s1. The molecular formula is C10H13N5O. The number of aromatic nitrogens is 4. The van der Waals surface area contributed by atoms with Crippen LogP contribution in [0.1, 0.15) is 12.8 Å². The van der Waals surface area contributed by atoms with Gasteiger partial charge in [-0.2, -0.15) is 0 Å². The van der Waals surface area contributed by atoms with Gasteiger partial charge in [0.2, 0.25) is 5.65 Å². The lowest BCUT2D eigenvalue weighted by atomic mass is 10.1. The Hall–Kier alpha value is -1.69. The Bertz CT molecular complexity index is 497. The summed E-state index contributed by atoms with van der Waals surface area (Å²) < 4.78 is 1.84. The van der Waals surface area contributed by atoms with Crippen LogP contribution in [0.25, 0.3) is 5.65 Å². The van der Waals surface area contributed by atoms with Crippen LogP contribution in [-0.4, -0.2) is 43.9 Å².